The highest BCUT2D eigenvalue weighted by Crippen LogP contribution is 2.18. The van der Waals surface area contributed by atoms with Crippen LogP contribution in [-0.2, 0) is 9.53 Å². The Kier molecular flexibility index (Phi) is 4.65. The molecule has 1 aromatic heterocycles. The fourth-order valence-corrected chi connectivity index (χ4v) is 1.47. The molecule has 0 radical (unpaired) electrons. The van der Waals surface area contributed by atoms with Gasteiger partial charge in [0.15, 0.2) is 0 Å². The van der Waals surface area contributed by atoms with Gasteiger partial charge in [0.05, 0.1) is 12.0 Å². The van der Waals surface area contributed by atoms with Gasteiger partial charge in [-0.15, -0.1) is 0 Å². The molecule has 0 spiro atoms. The Bertz CT molecular complexity index is 419. The standard InChI is InChI=1S/C12H17BrN2O2/c1-8-5-10(14-7-9(8)13)15-11(16)6-12(2,3)17-4/h5,7H,6H2,1-4H3,(H,14,15,16). The van der Waals surface area contributed by atoms with E-state index in [-0.39, 0.29) is 5.91 Å². The second-order valence-electron chi connectivity index (χ2n) is 4.51. The predicted octanol–water partition coefficient (Wildman–Crippen LogP) is 2.91. The van der Waals surface area contributed by atoms with Gasteiger partial charge in [-0.1, -0.05) is 0 Å². The molecule has 0 unspecified atom stereocenters. The van der Waals surface area contributed by atoms with Gasteiger partial charge in [-0.2, -0.15) is 0 Å². The normalized spacial score (nSPS) is 11.4. The van der Waals surface area contributed by atoms with Gasteiger partial charge in [-0.25, -0.2) is 4.98 Å². The maximum Gasteiger partial charge on any atom is 0.228 e. The van der Waals surface area contributed by atoms with Crippen molar-refractivity contribution in [2.45, 2.75) is 32.8 Å². The Morgan fingerprint density at radius 3 is 2.76 bits per heavy atom. The second kappa shape index (κ2) is 5.60. The minimum atomic E-state index is -0.464. The van der Waals surface area contributed by atoms with Crippen molar-refractivity contribution in [1.82, 2.24) is 4.98 Å². The fraction of sp³-hybridized carbons (Fsp3) is 0.500. The third-order valence-corrected chi connectivity index (χ3v) is 3.28. The van der Waals surface area contributed by atoms with E-state index in [9.17, 15) is 4.79 Å². The number of methoxy groups -OCH3 is 1. The zero-order valence-electron chi connectivity index (χ0n) is 10.5. The average molecular weight is 301 g/mol. The Balaban J connectivity index is 2.65. The molecule has 4 nitrogen and oxygen atoms in total. The molecule has 0 aliphatic rings. The summed E-state index contributed by atoms with van der Waals surface area (Å²) < 4.78 is 6.12. The SMILES string of the molecule is COC(C)(C)CC(=O)Nc1cc(C)c(Br)cn1. The van der Waals surface area contributed by atoms with Crippen LogP contribution in [0.5, 0.6) is 0 Å². The maximum absolute atomic E-state index is 11.7. The van der Waals surface area contributed by atoms with Crippen LogP contribution in [-0.4, -0.2) is 23.6 Å². The van der Waals surface area contributed by atoms with Crippen LogP contribution in [0.15, 0.2) is 16.7 Å². The van der Waals surface area contributed by atoms with Crippen LogP contribution in [0.2, 0.25) is 0 Å². The number of ether oxygens (including phenoxy) is 1. The molecule has 1 heterocycles. The molecule has 5 heteroatoms. The number of nitrogens with one attached hydrogen (secondary N) is 1. The monoisotopic (exact) mass is 300 g/mol. The minimum Gasteiger partial charge on any atom is -0.378 e. The number of hydrogen-bond acceptors (Lipinski definition) is 3. The molecule has 0 saturated heterocycles. The van der Waals surface area contributed by atoms with Crippen molar-refractivity contribution in [3.8, 4) is 0 Å². The first-order valence-corrected chi connectivity index (χ1v) is 6.10. The zero-order valence-corrected chi connectivity index (χ0v) is 12.1. The number of rotatable bonds is 4. The summed E-state index contributed by atoms with van der Waals surface area (Å²) in [6.45, 7) is 5.68. The van der Waals surface area contributed by atoms with Crippen LogP contribution in [0.25, 0.3) is 0 Å². The Hall–Kier alpha value is -0.940. The fourth-order valence-electron chi connectivity index (χ4n) is 1.25. The number of hydrogen-bond donors (Lipinski definition) is 1. The van der Waals surface area contributed by atoms with Crippen LogP contribution in [0.3, 0.4) is 0 Å². The van der Waals surface area contributed by atoms with Crippen molar-refractivity contribution >= 4 is 27.7 Å². The summed E-state index contributed by atoms with van der Waals surface area (Å²) in [5, 5.41) is 2.75. The number of aryl methyl sites for hydroxylation is 1. The molecule has 1 N–H and O–H groups in total. The van der Waals surface area contributed by atoms with Gasteiger partial charge in [0.2, 0.25) is 5.91 Å². The number of amides is 1. The molecule has 0 aliphatic heterocycles. The number of carbonyl (C=O) groups is 1. The number of pyridine rings is 1. The molecule has 0 atom stereocenters. The van der Waals surface area contributed by atoms with E-state index in [0.29, 0.717) is 12.2 Å². The lowest BCUT2D eigenvalue weighted by molar-refractivity contribution is -0.121. The van der Waals surface area contributed by atoms with E-state index in [1.54, 1.807) is 13.3 Å². The number of halogens is 1. The summed E-state index contributed by atoms with van der Waals surface area (Å²) in [4.78, 5) is 15.9. The summed E-state index contributed by atoms with van der Waals surface area (Å²) in [6.07, 6.45) is 1.96. The summed E-state index contributed by atoms with van der Waals surface area (Å²) in [7, 11) is 1.59. The largest absolute Gasteiger partial charge is 0.378 e. The Morgan fingerprint density at radius 1 is 1.59 bits per heavy atom. The van der Waals surface area contributed by atoms with Crippen LogP contribution >= 0.6 is 15.9 Å². The second-order valence-corrected chi connectivity index (χ2v) is 5.36. The number of nitrogens with zero attached hydrogens (tertiary/aromatic N) is 1. The topological polar surface area (TPSA) is 51.2 Å². The van der Waals surface area contributed by atoms with E-state index >= 15 is 0 Å². The van der Waals surface area contributed by atoms with Crippen LogP contribution in [0, 0.1) is 6.92 Å². The minimum absolute atomic E-state index is 0.105. The van der Waals surface area contributed by atoms with Crippen molar-refractivity contribution in [2.75, 3.05) is 12.4 Å². The quantitative estimate of drug-likeness (QED) is 0.930. The van der Waals surface area contributed by atoms with Gasteiger partial charge in [0, 0.05) is 17.8 Å². The van der Waals surface area contributed by atoms with E-state index in [4.69, 9.17) is 4.74 Å². The van der Waals surface area contributed by atoms with E-state index in [0.717, 1.165) is 10.0 Å². The first-order chi connectivity index (χ1) is 7.84. The van der Waals surface area contributed by atoms with Gasteiger partial charge in [-0.05, 0) is 48.3 Å². The Morgan fingerprint density at radius 2 is 2.24 bits per heavy atom. The number of aromatic nitrogens is 1. The van der Waals surface area contributed by atoms with E-state index in [2.05, 4.69) is 26.2 Å². The third kappa shape index (κ3) is 4.44. The van der Waals surface area contributed by atoms with Crippen LogP contribution < -0.4 is 5.32 Å². The molecular formula is C12H17BrN2O2. The molecule has 94 valence electrons. The Labute approximate surface area is 110 Å². The molecule has 17 heavy (non-hydrogen) atoms. The molecule has 1 amide bonds. The highest BCUT2D eigenvalue weighted by molar-refractivity contribution is 9.10. The van der Waals surface area contributed by atoms with Gasteiger partial charge in [-0.3, -0.25) is 4.79 Å². The average Bonchev–Trinajstić information content (AvgIpc) is 2.23. The molecule has 1 rings (SSSR count). The molecule has 1 aromatic rings. The molecule has 0 aromatic carbocycles. The molecule has 0 fully saturated rings. The summed E-state index contributed by atoms with van der Waals surface area (Å²) >= 11 is 3.36. The first kappa shape index (κ1) is 14.1. The zero-order chi connectivity index (χ0) is 13.1. The van der Waals surface area contributed by atoms with Crippen molar-refractivity contribution in [3.05, 3.63) is 22.3 Å². The van der Waals surface area contributed by atoms with Crippen LogP contribution in [0.4, 0.5) is 5.82 Å². The van der Waals surface area contributed by atoms with Crippen molar-refractivity contribution in [3.63, 3.8) is 0 Å². The lowest BCUT2D eigenvalue weighted by atomic mass is 10.1. The van der Waals surface area contributed by atoms with Crippen molar-refractivity contribution in [1.29, 1.82) is 0 Å². The smallest absolute Gasteiger partial charge is 0.228 e. The van der Waals surface area contributed by atoms with E-state index in [1.165, 1.54) is 0 Å². The maximum atomic E-state index is 11.7. The lowest BCUT2D eigenvalue weighted by Crippen LogP contribution is -2.29. The molecular weight excluding hydrogens is 284 g/mol. The van der Waals surface area contributed by atoms with Gasteiger partial charge in [0.1, 0.15) is 5.82 Å². The van der Waals surface area contributed by atoms with E-state index in [1.807, 2.05) is 26.8 Å². The van der Waals surface area contributed by atoms with Gasteiger partial charge < -0.3 is 10.1 Å². The molecule has 0 aliphatic carbocycles. The highest BCUT2D eigenvalue weighted by Gasteiger charge is 2.21. The van der Waals surface area contributed by atoms with Crippen molar-refractivity contribution < 1.29 is 9.53 Å². The van der Waals surface area contributed by atoms with Gasteiger partial charge >= 0.3 is 0 Å². The molecule has 0 saturated carbocycles. The summed E-state index contributed by atoms with van der Waals surface area (Å²) in [6, 6.07) is 1.82. The van der Waals surface area contributed by atoms with E-state index < -0.39 is 5.60 Å². The highest BCUT2D eigenvalue weighted by atomic mass is 79.9. The molecule has 0 bridgehead atoms. The van der Waals surface area contributed by atoms with Crippen molar-refractivity contribution in [2.24, 2.45) is 0 Å². The summed E-state index contributed by atoms with van der Waals surface area (Å²) in [5.41, 5.74) is 0.565. The number of anilines is 1. The van der Waals surface area contributed by atoms with Gasteiger partial charge in [0.25, 0.3) is 0 Å². The number of carbonyl (C=O) groups excluding carboxylic acids is 1. The first-order valence-electron chi connectivity index (χ1n) is 5.31. The predicted molar refractivity (Wildman–Crippen MR) is 71.0 cm³/mol. The summed E-state index contributed by atoms with van der Waals surface area (Å²) in [5.74, 6) is 0.452. The van der Waals surface area contributed by atoms with Crippen LogP contribution in [0.1, 0.15) is 25.8 Å². The lowest BCUT2D eigenvalue weighted by Gasteiger charge is -2.21. The third-order valence-electron chi connectivity index (χ3n) is 2.45.